The lowest BCUT2D eigenvalue weighted by atomic mass is 9.90. The first-order valence-electron chi connectivity index (χ1n) is 6.84. The maximum atomic E-state index is 11.3. The van der Waals surface area contributed by atoms with Gasteiger partial charge in [-0.1, -0.05) is 0 Å². The maximum Gasteiger partial charge on any atom is 0.339 e. The molecule has 1 saturated heterocycles. The number of hydrogen-bond donors (Lipinski definition) is 2. The molecular formula is C15H21NO4. The van der Waals surface area contributed by atoms with Crippen LogP contribution in [0.2, 0.25) is 0 Å². The van der Waals surface area contributed by atoms with Crippen LogP contribution in [0.1, 0.15) is 28.8 Å². The second-order valence-electron chi connectivity index (χ2n) is 5.08. The molecule has 20 heavy (non-hydrogen) atoms. The molecule has 0 spiro atoms. The van der Waals surface area contributed by atoms with Crippen molar-refractivity contribution < 1.29 is 19.4 Å². The Bertz CT molecular complexity index is 481. The van der Waals surface area contributed by atoms with E-state index in [2.05, 4.69) is 5.32 Å². The van der Waals surface area contributed by atoms with Gasteiger partial charge in [0.25, 0.3) is 0 Å². The van der Waals surface area contributed by atoms with Crippen molar-refractivity contribution >= 4 is 5.97 Å². The van der Waals surface area contributed by atoms with Crippen molar-refractivity contribution in [2.45, 2.75) is 19.3 Å². The maximum absolute atomic E-state index is 11.3. The molecule has 1 fully saturated rings. The van der Waals surface area contributed by atoms with Gasteiger partial charge in [-0.3, -0.25) is 0 Å². The molecule has 0 unspecified atom stereocenters. The fourth-order valence-corrected chi connectivity index (χ4v) is 2.72. The second kappa shape index (κ2) is 6.61. The van der Waals surface area contributed by atoms with Gasteiger partial charge >= 0.3 is 5.97 Å². The third-order valence-corrected chi connectivity index (χ3v) is 3.75. The summed E-state index contributed by atoms with van der Waals surface area (Å²) in [4.78, 5) is 11.3. The highest BCUT2D eigenvalue weighted by molar-refractivity contribution is 5.92. The Kier molecular flexibility index (Phi) is 4.84. The zero-order valence-electron chi connectivity index (χ0n) is 11.9. The predicted molar refractivity (Wildman–Crippen MR) is 75.8 cm³/mol. The largest absolute Gasteiger partial charge is 0.493 e. The minimum atomic E-state index is -0.993. The van der Waals surface area contributed by atoms with E-state index in [1.54, 1.807) is 6.07 Å². The molecule has 0 saturated carbocycles. The molecule has 1 aromatic rings. The Morgan fingerprint density at radius 1 is 1.30 bits per heavy atom. The Balaban J connectivity index is 2.28. The molecular weight excluding hydrogens is 258 g/mol. The van der Waals surface area contributed by atoms with Gasteiger partial charge < -0.3 is 19.9 Å². The fraction of sp³-hybridized carbons (Fsp3) is 0.533. The monoisotopic (exact) mass is 279 g/mol. The number of carboxylic acid groups (broad SMARTS) is 1. The first-order valence-corrected chi connectivity index (χ1v) is 6.84. The predicted octanol–water partition coefficient (Wildman–Crippen LogP) is 1.94. The van der Waals surface area contributed by atoms with E-state index in [9.17, 15) is 9.90 Å². The van der Waals surface area contributed by atoms with E-state index < -0.39 is 5.97 Å². The molecule has 0 radical (unpaired) electrons. The minimum Gasteiger partial charge on any atom is -0.493 e. The minimum absolute atomic E-state index is 0.163. The van der Waals surface area contributed by atoms with Crippen LogP contribution in [-0.2, 0) is 6.42 Å². The number of rotatable bonds is 5. The van der Waals surface area contributed by atoms with E-state index in [-0.39, 0.29) is 11.3 Å². The Morgan fingerprint density at radius 2 is 2.00 bits per heavy atom. The van der Waals surface area contributed by atoms with Crippen LogP contribution in [0, 0.1) is 5.92 Å². The van der Waals surface area contributed by atoms with Crippen LogP contribution in [0.25, 0.3) is 0 Å². The van der Waals surface area contributed by atoms with Crippen molar-refractivity contribution in [1.82, 2.24) is 5.32 Å². The molecule has 0 bridgehead atoms. The number of benzene rings is 1. The van der Waals surface area contributed by atoms with E-state index in [4.69, 9.17) is 9.47 Å². The molecule has 0 aromatic heterocycles. The zero-order chi connectivity index (χ0) is 14.5. The molecule has 2 N–H and O–H groups in total. The number of ether oxygens (including phenoxy) is 2. The van der Waals surface area contributed by atoms with Crippen LogP contribution >= 0.6 is 0 Å². The van der Waals surface area contributed by atoms with Gasteiger partial charge in [-0.25, -0.2) is 4.79 Å². The number of methoxy groups -OCH3 is 2. The van der Waals surface area contributed by atoms with Crippen molar-refractivity contribution in [2.24, 2.45) is 5.92 Å². The van der Waals surface area contributed by atoms with Gasteiger partial charge in [0.1, 0.15) is 5.56 Å². The summed E-state index contributed by atoms with van der Waals surface area (Å²) in [5.41, 5.74) is 1.16. The molecule has 1 heterocycles. The number of piperidine rings is 1. The smallest absolute Gasteiger partial charge is 0.339 e. The highest BCUT2D eigenvalue weighted by atomic mass is 16.5. The van der Waals surface area contributed by atoms with Gasteiger partial charge in [-0.2, -0.15) is 0 Å². The molecule has 1 aliphatic heterocycles. The average molecular weight is 279 g/mol. The van der Waals surface area contributed by atoms with Crippen molar-refractivity contribution in [1.29, 1.82) is 0 Å². The topological polar surface area (TPSA) is 67.8 Å². The van der Waals surface area contributed by atoms with Crippen molar-refractivity contribution in [2.75, 3.05) is 27.3 Å². The van der Waals surface area contributed by atoms with Crippen molar-refractivity contribution in [3.8, 4) is 11.5 Å². The van der Waals surface area contributed by atoms with E-state index in [0.717, 1.165) is 37.9 Å². The van der Waals surface area contributed by atoms with Crippen molar-refractivity contribution in [3.63, 3.8) is 0 Å². The van der Waals surface area contributed by atoms with E-state index in [1.165, 1.54) is 14.2 Å². The molecule has 110 valence electrons. The number of hydrogen-bond acceptors (Lipinski definition) is 4. The highest BCUT2D eigenvalue weighted by Gasteiger charge is 2.20. The summed E-state index contributed by atoms with van der Waals surface area (Å²) in [6.07, 6.45) is 3.12. The van der Waals surface area contributed by atoms with E-state index >= 15 is 0 Å². The van der Waals surface area contributed by atoms with Gasteiger partial charge in [0.05, 0.1) is 14.2 Å². The van der Waals surface area contributed by atoms with Crippen molar-refractivity contribution in [3.05, 3.63) is 23.3 Å². The lowest BCUT2D eigenvalue weighted by Gasteiger charge is -2.23. The molecule has 0 atom stereocenters. The van der Waals surface area contributed by atoms with Crippen LogP contribution in [0.5, 0.6) is 11.5 Å². The fourth-order valence-electron chi connectivity index (χ4n) is 2.72. The zero-order valence-corrected chi connectivity index (χ0v) is 11.9. The third kappa shape index (κ3) is 3.22. The van der Waals surface area contributed by atoms with Crippen LogP contribution < -0.4 is 14.8 Å². The summed E-state index contributed by atoms with van der Waals surface area (Å²) in [6, 6.07) is 3.58. The summed E-state index contributed by atoms with van der Waals surface area (Å²) in [7, 11) is 2.98. The lowest BCUT2D eigenvalue weighted by molar-refractivity contribution is 0.0692. The van der Waals surface area contributed by atoms with Crippen LogP contribution in [0.4, 0.5) is 0 Å². The molecule has 5 heteroatoms. The average Bonchev–Trinajstić information content (AvgIpc) is 2.47. The standard InChI is InChI=1S/C15H21NO4/c1-19-13-9-11(7-10-3-5-16-6-4-10)8-12(15(17)18)14(13)20-2/h8-10,16H,3-7H2,1-2H3,(H,17,18). The number of carbonyl (C=O) groups is 1. The summed E-state index contributed by atoms with van der Waals surface area (Å²) in [6.45, 7) is 2.06. The highest BCUT2D eigenvalue weighted by Crippen LogP contribution is 2.34. The Morgan fingerprint density at radius 3 is 2.55 bits per heavy atom. The lowest BCUT2D eigenvalue weighted by Crippen LogP contribution is -2.28. The van der Waals surface area contributed by atoms with E-state index in [0.29, 0.717) is 11.7 Å². The van der Waals surface area contributed by atoms with Gasteiger partial charge in [0, 0.05) is 0 Å². The van der Waals surface area contributed by atoms with Crippen LogP contribution in [0.3, 0.4) is 0 Å². The van der Waals surface area contributed by atoms with Gasteiger partial charge in [0.15, 0.2) is 11.5 Å². The first-order chi connectivity index (χ1) is 9.65. The number of nitrogens with one attached hydrogen (secondary N) is 1. The van der Waals surface area contributed by atoms with Gasteiger partial charge in [0.2, 0.25) is 0 Å². The van der Waals surface area contributed by atoms with Crippen LogP contribution in [-0.4, -0.2) is 38.4 Å². The summed E-state index contributed by atoms with van der Waals surface area (Å²) in [5.74, 6) is 0.369. The van der Waals surface area contributed by atoms with E-state index in [1.807, 2.05) is 6.07 Å². The van der Waals surface area contributed by atoms with Gasteiger partial charge in [-0.05, 0) is 56.0 Å². The molecule has 5 nitrogen and oxygen atoms in total. The number of aromatic carboxylic acids is 1. The summed E-state index contributed by atoms with van der Waals surface area (Å²) < 4.78 is 10.4. The summed E-state index contributed by atoms with van der Waals surface area (Å²) >= 11 is 0. The molecule has 2 rings (SSSR count). The molecule has 0 aliphatic carbocycles. The Labute approximate surface area is 118 Å². The normalized spacial score (nSPS) is 15.9. The molecule has 1 aromatic carbocycles. The first kappa shape index (κ1) is 14.7. The second-order valence-corrected chi connectivity index (χ2v) is 5.08. The quantitative estimate of drug-likeness (QED) is 0.862. The third-order valence-electron chi connectivity index (χ3n) is 3.75. The summed E-state index contributed by atoms with van der Waals surface area (Å²) in [5, 5.41) is 12.6. The molecule has 0 amide bonds. The SMILES string of the molecule is COc1cc(CC2CCNCC2)cc(C(=O)O)c1OC. The van der Waals surface area contributed by atoms with Gasteiger partial charge in [-0.15, -0.1) is 0 Å². The Hall–Kier alpha value is -1.75. The van der Waals surface area contributed by atoms with Crippen LogP contribution in [0.15, 0.2) is 12.1 Å². The number of carboxylic acids is 1. The molecule has 1 aliphatic rings.